The molecule has 1 aliphatic heterocycles. The highest BCUT2D eigenvalue weighted by atomic mass is 16.2. The SMILES string of the molecule is Nc1cccc2c1N(C(=O)CCc1ccccc1)CC2. The number of benzene rings is 2. The van der Waals surface area contributed by atoms with Crippen molar-refractivity contribution in [3.63, 3.8) is 0 Å². The summed E-state index contributed by atoms with van der Waals surface area (Å²) < 4.78 is 0. The van der Waals surface area contributed by atoms with Gasteiger partial charge in [0.2, 0.25) is 5.91 Å². The average molecular weight is 266 g/mol. The number of nitrogens with zero attached hydrogens (tertiary/aromatic N) is 1. The molecule has 0 unspecified atom stereocenters. The first-order valence-electron chi connectivity index (χ1n) is 6.97. The van der Waals surface area contributed by atoms with Crippen LogP contribution >= 0.6 is 0 Å². The number of rotatable bonds is 3. The second-order valence-electron chi connectivity index (χ2n) is 5.14. The fraction of sp³-hybridized carbons (Fsp3) is 0.235. The van der Waals surface area contributed by atoms with Crippen LogP contribution in [0.15, 0.2) is 48.5 Å². The van der Waals surface area contributed by atoms with Crippen LogP contribution in [0, 0.1) is 0 Å². The first-order valence-corrected chi connectivity index (χ1v) is 6.97. The molecule has 0 aliphatic carbocycles. The third kappa shape index (κ3) is 2.39. The topological polar surface area (TPSA) is 46.3 Å². The summed E-state index contributed by atoms with van der Waals surface area (Å²) in [6.07, 6.45) is 2.20. The number of nitrogen functional groups attached to an aromatic ring is 1. The van der Waals surface area contributed by atoms with Crippen LogP contribution in [-0.4, -0.2) is 12.5 Å². The van der Waals surface area contributed by atoms with Gasteiger partial charge in [-0.3, -0.25) is 4.79 Å². The molecule has 2 N–H and O–H groups in total. The Balaban J connectivity index is 1.71. The predicted octanol–water partition coefficient (Wildman–Crippen LogP) is 2.79. The van der Waals surface area contributed by atoms with Gasteiger partial charge in [0.15, 0.2) is 0 Å². The average Bonchev–Trinajstić information content (AvgIpc) is 2.91. The minimum Gasteiger partial charge on any atom is -0.397 e. The highest BCUT2D eigenvalue weighted by molar-refractivity contribution is 5.98. The van der Waals surface area contributed by atoms with E-state index in [1.54, 1.807) is 0 Å². The summed E-state index contributed by atoms with van der Waals surface area (Å²) in [5, 5.41) is 0. The number of hydrogen-bond donors (Lipinski definition) is 1. The van der Waals surface area contributed by atoms with E-state index < -0.39 is 0 Å². The van der Waals surface area contributed by atoms with Gasteiger partial charge >= 0.3 is 0 Å². The van der Waals surface area contributed by atoms with E-state index in [1.807, 2.05) is 35.2 Å². The van der Waals surface area contributed by atoms with Crippen LogP contribution in [0.3, 0.4) is 0 Å². The summed E-state index contributed by atoms with van der Waals surface area (Å²) >= 11 is 0. The third-order valence-electron chi connectivity index (χ3n) is 3.80. The maximum atomic E-state index is 12.4. The molecule has 2 aromatic rings. The number of nitrogens with two attached hydrogens (primary N) is 1. The van der Waals surface area contributed by atoms with Gasteiger partial charge in [-0.05, 0) is 30.0 Å². The van der Waals surface area contributed by atoms with Crippen LogP contribution < -0.4 is 10.6 Å². The summed E-state index contributed by atoms with van der Waals surface area (Å²) in [6.45, 7) is 0.747. The van der Waals surface area contributed by atoms with Crippen LogP contribution in [0.5, 0.6) is 0 Å². The maximum absolute atomic E-state index is 12.4. The Hall–Kier alpha value is -2.29. The van der Waals surface area contributed by atoms with Crippen LogP contribution in [0.4, 0.5) is 11.4 Å². The molecule has 20 heavy (non-hydrogen) atoms. The van der Waals surface area contributed by atoms with Gasteiger partial charge in [0.1, 0.15) is 0 Å². The van der Waals surface area contributed by atoms with Gasteiger partial charge in [-0.25, -0.2) is 0 Å². The fourth-order valence-corrected chi connectivity index (χ4v) is 2.77. The van der Waals surface area contributed by atoms with E-state index in [9.17, 15) is 4.79 Å². The van der Waals surface area contributed by atoms with E-state index in [2.05, 4.69) is 18.2 Å². The van der Waals surface area contributed by atoms with Crippen molar-refractivity contribution in [3.8, 4) is 0 Å². The summed E-state index contributed by atoms with van der Waals surface area (Å²) in [5.74, 6) is 0.158. The van der Waals surface area contributed by atoms with Gasteiger partial charge in [-0.1, -0.05) is 42.5 Å². The quantitative estimate of drug-likeness (QED) is 0.868. The van der Waals surface area contributed by atoms with Crippen LogP contribution in [0.1, 0.15) is 17.5 Å². The van der Waals surface area contributed by atoms with Crippen molar-refractivity contribution in [2.45, 2.75) is 19.3 Å². The number of fused-ring (bicyclic) bond motifs is 1. The molecule has 0 spiro atoms. The van der Waals surface area contributed by atoms with Gasteiger partial charge in [-0.15, -0.1) is 0 Å². The van der Waals surface area contributed by atoms with E-state index in [-0.39, 0.29) is 5.91 Å². The highest BCUT2D eigenvalue weighted by Gasteiger charge is 2.25. The maximum Gasteiger partial charge on any atom is 0.227 e. The van der Waals surface area contributed by atoms with Gasteiger partial charge in [-0.2, -0.15) is 0 Å². The van der Waals surface area contributed by atoms with Crippen molar-refractivity contribution in [2.75, 3.05) is 17.2 Å². The molecular formula is C17H18N2O. The lowest BCUT2D eigenvalue weighted by Crippen LogP contribution is -2.29. The molecule has 2 aromatic carbocycles. The Morgan fingerprint density at radius 2 is 1.90 bits per heavy atom. The van der Waals surface area contributed by atoms with Crippen LogP contribution in [0.2, 0.25) is 0 Å². The van der Waals surface area contributed by atoms with E-state index >= 15 is 0 Å². The van der Waals surface area contributed by atoms with Crippen molar-refractivity contribution in [1.82, 2.24) is 0 Å². The lowest BCUT2D eigenvalue weighted by molar-refractivity contribution is -0.118. The van der Waals surface area contributed by atoms with Crippen molar-refractivity contribution < 1.29 is 4.79 Å². The summed E-state index contributed by atoms with van der Waals surface area (Å²) in [7, 11) is 0. The number of carbonyl (C=O) groups is 1. The minimum absolute atomic E-state index is 0.158. The molecule has 0 radical (unpaired) electrons. The van der Waals surface area contributed by atoms with Gasteiger partial charge in [0.25, 0.3) is 0 Å². The smallest absolute Gasteiger partial charge is 0.227 e. The number of hydrogen-bond acceptors (Lipinski definition) is 2. The van der Waals surface area contributed by atoms with E-state index in [0.29, 0.717) is 12.1 Å². The zero-order valence-electron chi connectivity index (χ0n) is 11.4. The second kappa shape index (κ2) is 5.37. The van der Waals surface area contributed by atoms with Crippen LogP contribution in [0.25, 0.3) is 0 Å². The zero-order valence-corrected chi connectivity index (χ0v) is 11.4. The van der Waals surface area contributed by atoms with E-state index in [1.165, 1.54) is 11.1 Å². The third-order valence-corrected chi connectivity index (χ3v) is 3.80. The summed E-state index contributed by atoms with van der Waals surface area (Å²) in [5.41, 5.74) is 10.0. The molecule has 0 fully saturated rings. The Morgan fingerprint density at radius 3 is 2.70 bits per heavy atom. The molecular weight excluding hydrogens is 248 g/mol. The molecule has 3 heteroatoms. The molecule has 1 heterocycles. The second-order valence-corrected chi connectivity index (χ2v) is 5.14. The zero-order chi connectivity index (χ0) is 13.9. The molecule has 0 aromatic heterocycles. The van der Waals surface area contributed by atoms with Crippen molar-refractivity contribution in [3.05, 3.63) is 59.7 Å². The molecule has 0 atom stereocenters. The van der Waals surface area contributed by atoms with Gasteiger partial charge < -0.3 is 10.6 Å². The normalized spacial score (nSPS) is 13.3. The molecule has 3 rings (SSSR count). The van der Waals surface area contributed by atoms with Crippen LogP contribution in [-0.2, 0) is 17.6 Å². The Labute approximate surface area is 119 Å². The number of carbonyl (C=O) groups excluding carboxylic acids is 1. The number of para-hydroxylation sites is 1. The van der Waals surface area contributed by atoms with Crippen molar-refractivity contribution in [1.29, 1.82) is 0 Å². The Bertz CT molecular complexity index is 622. The molecule has 102 valence electrons. The summed E-state index contributed by atoms with van der Waals surface area (Å²) in [4.78, 5) is 14.2. The first kappa shape index (κ1) is 12.7. The minimum atomic E-state index is 0.158. The summed E-state index contributed by atoms with van der Waals surface area (Å²) in [6, 6.07) is 16.0. The van der Waals surface area contributed by atoms with Gasteiger partial charge in [0.05, 0.1) is 11.4 Å². The number of amides is 1. The fourth-order valence-electron chi connectivity index (χ4n) is 2.77. The number of anilines is 2. The first-order chi connectivity index (χ1) is 9.75. The molecule has 3 nitrogen and oxygen atoms in total. The molecule has 1 amide bonds. The monoisotopic (exact) mass is 266 g/mol. The molecule has 1 aliphatic rings. The molecule has 0 saturated heterocycles. The van der Waals surface area contributed by atoms with Crippen molar-refractivity contribution in [2.24, 2.45) is 0 Å². The highest BCUT2D eigenvalue weighted by Crippen LogP contribution is 2.34. The Morgan fingerprint density at radius 1 is 1.10 bits per heavy atom. The molecule has 0 saturated carbocycles. The van der Waals surface area contributed by atoms with Crippen molar-refractivity contribution >= 4 is 17.3 Å². The lowest BCUT2D eigenvalue weighted by Gasteiger charge is -2.19. The number of aryl methyl sites for hydroxylation is 1. The Kier molecular flexibility index (Phi) is 3.42. The van der Waals surface area contributed by atoms with E-state index in [4.69, 9.17) is 5.73 Å². The standard InChI is InChI=1S/C17H18N2O/c18-15-8-4-7-14-11-12-19(17(14)15)16(20)10-9-13-5-2-1-3-6-13/h1-8H,9-12,18H2. The van der Waals surface area contributed by atoms with E-state index in [0.717, 1.165) is 25.1 Å². The van der Waals surface area contributed by atoms with Gasteiger partial charge in [0, 0.05) is 13.0 Å². The lowest BCUT2D eigenvalue weighted by atomic mass is 10.1. The predicted molar refractivity (Wildman–Crippen MR) is 81.7 cm³/mol. The largest absolute Gasteiger partial charge is 0.397 e. The molecule has 0 bridgehead atoms.